The van der Waals surface area contributed by atoms with Crippen molar-refractivity contribution in [3.63, 3.8) is 0 Å². The van der Waals surface area contributed by atoms with Crippen molar-refractivity contribution in [1.29, 1.82) is 0 Å². The van der Waals surface area contributed by atoms with E-state index in [1.54, 1.807) is 12.2 Å². The average molecular weight is 280 g/mol. The van der Waals surface area contributed by atoms with Crippen LogP contribution < -0.4 is 9.47 Å². The first-order valence-electron chi connectivity index (χ1n) is 6.91. The number of rotatable bonds is 3. The maximum atomic E-state index is 12.1. The molecule has 0 fully saturated rings. The number of hydrogen-bond donors (Lipinski definition) is 0. The molecule has 106 valence electrons. The zero-order valence-electron chi connectivity index (χ0n) is 11.8. The van der Waals surface area contributed by atoms with Crippen LogP contribution in [-0.4, -0.2) is 19.0 Å². The minimum absolute atomic E-state index is 0.00936. The zero-order chi connectivity index (χ0) is 14.7. The quantitative estimate of drug-likeness (QED) is 0.636. The van der Waals surface area contributed by atoms with Crippen LogP contribution in [0, 0.1) is 6.92 Å². The van der Waals surface area contributed by atoms with E-state index in [4.69, 9.17) is 9.47 Å². The molecule has 0 bridgehead atoms. The van der Waals surface area contributed by atoms with Gasteiger partial charge in [0.1, 0.15) is 13.2 Å². The fourth-order valence-electron chi connectivity index (χ4n) is 2.15. The van der Waals surface area contributed by atoms with Gasteiger partial charge in [-0.1, -0.05) is 42.0 Å². The molecule has 2 aromatic carbocycles. The van der Waals surface area contributed by atoms with Crippen molar-refractivity contribution in [2.24, 2.45) is 0 Å². The summed E-state index contributed by atoms with van der Waals surface area (Å²) in [6.45, 7) is 3.13. The van der Waals surface area contributed by atoms with E-state index in [0.29, 0.717) is 18.8 Å². The van der Waals surface area contributed by atoms with Gasteiger partial charge in [0.25, 0.3) is 0 Å². The van der Waals surface area contributed by atoms with Gasteiger partial charge in [-0.05, 0) is 30.7 Å². The van der Waals surface area contributed by atoms with Crippen LogP contribution in [0.1, 0.15) is 21.5 Å². The Balaban J connectivity index is 1.76. The molecule has 0 amide bonds. The standard InChI is InChI=1S/C18H16O3/c1-13-2-6-15(7-3-13)16(19)8-4-14-5-9-17-18(12-14)21-11-10-20-17/h2-9,12H,10-11H2,1H3. The summed E-state index contributed by atoms with van der Waals surface area (Å²) < 4.78 is 11.0. The average Bonchev–Trinajstić information content (AvgIpc) is 2.53. The van der Waals surface area contributed by atoms with E-state index in [0.717, 1.165) is 22.6 Å². The summed E-state index contributed by atoms with van der Waals surface area (Å²) in [4.78, 5) is 12.1. The molecule has 0 atom stereocenters. The van der Waals surface area contributed by atoms with E-state index < -0.39 is 0 Å². The Kier molecular flexibility index (Phi) is 3.73. The van der Waals surface area contributed by atoms with Crippen LogP contribution in [0.3, 0.4) is 0 Å². The summed E-state index contributed by atoms with van der Waals surface area (Å²) in [5.74, 6) is 1.47. The molecule has 0 aromatic heterocycles. The van der Waals surface area contributed by atoms with Crippen LogP contribution in [0.4, 0.5) is 0 Å². The molecule has 0 N–H and O–H groups in total. The Bertz CT molecular complexity index is 684. The number of carbonyl (C=O) groups is 1. The topological polar surface area (TPSA) is 35.5 Å². The number of ketones is 1. The first-order chi connectivity index (χ1) is 10.2. The predicted molar refractivity (Wildman–Crippen MR) is 82.0 cm³/mol. The number of benzene rings is 2. The van der Waals surface area contributed by atoms with Crippen LogP contribution in [0.2, 0.25) is 0 Å². The number of fused-ring (bicyclic) bond motifs is 1. The van der Waals surface area contributed by atoms with Crippen molar-refractivity contribution in [2.45, 2.75) is 6.92 Å². The van der Waals surface area contributed by atoms with E-state index in [1.165, 1.54) is 0 Å². The number of aryl methyl sites for hydroxylation is 1. The van der Waals surface area contributed by atoms with Crippen molar-refractivity contribution < 1.29 is 14.3 Å². The van der Waals surface area contributed by atoms with Gasteiger partial charge in [0.05, 0.1) is 0 Å². The number of carbonyl (C=O) groups excluding carboxylic acids is 1. The molecular formula is C18H16O3. The molecule has 0 radical (unpaired) electrons. The largest absolute Gasteiger partial charge is 0.486 e. The number of ether oxygens (including phenoxy) is 2. The Morgan fingerprint density at radius 3 is 2.48 bits per heavy atom. The summed E-state index contributed by atoms with van der Waals surface area (Å²) in [5, 5.41) is 0. The lowest BCUT2D eigenvalue weighted by atomic mass is 10.1. The van der Waals surface area contributed by atoms with Crippen LogP contribution in [0.15, 0.2) is 48.5 Å². The van der Waals surface area contributed by atoms with Gasteiger partial charge in [-0.3, -0.25) is 4.79 Å². The van der Waals surface area contributed by atoms with Crippen LogP contribution in [0.5, 0.6) is 11.5 Å². The lowest BCUT2D eigenvalue weighted by molar-refractivity contribution is 0.104. The van der Waals surface area contributed by atoms with Gasteiger partial charge in [0, 0.05) is 5.56 Å². The lowest BCUT2D eigenvalue weighted by Crippen LogP contribution is -2.15. The van der Waals surface area contributed by atoms with Crippen molar-refractivity contribution in [3.05, 3.63) is 65.2 Å². The summed E-state index contributed by atoms with van der Waals surface area (Å²) >= 11 is 0. The van der Waals surface area contributed by atoms with Crippen molar-refractivity contribution in [3.8, 4) is 11.5 Å². The second-order valence-corrected chi connectivity index (χ2v) is 4.97. The molecule has 1 aliphatic rings. The van der Waals surface area contributed by atoms with Crippen LogP contribution in [-0.2, 0) is 0 Å². The molecule has 1 heterocycles. The van der Waals surface area contributed by atoms with E-state index in [1.807, 2.05) is 49.4 Å². The van der Waals surface area contributed by atoms with Gasteiger partial charge in [-0.15, -0.1) is 0 Å². The Morgan fingerprint density at radius 1 is 1.00 bits per heavy atom. The fraction of sp³-hybridized carbons (Fsp3) is 0.167. The highest BCUT2D eigenvalue weighted by atomic mass is 16.6. The van der Waals surface area contributed by atoms with Gasteiger partial charge < -0.3 is 9.47 Å². The molecule has 0 saturated carbocycles. The van der Waals surface area contributed by atoms with Crippen molar-refractivity contribution in [2.75, 3.05) is 13.2 Å². The van der Waals surface area contributed by atoms with Gasteiger partial charge >= 0.3 is 0 Å². The lowest BCUT2D eigenvalue weighted by Gasteiger charge is -2.18. The summed E-state index contributed by atoms with van der Waals surface area (Å²) in [6.07, 6.45) is 3.37. The second-order valence-electron chi connectivity index (χ2n) is 4.97. The normalized spacial score (nSPS) is 13.4. The van der Waals surface area contributed by atoms with Crippen LogP contribution >= 0.6 is 0 Å². The molecule has 3 rings (SSSR count). The van der Waals surface area contributed by atoms with Gasteiger partial charge in [-0.2, -0.15) is 0 Å². The third-order valence-corrected chi connectivity index (χ3v) is 3.33. The minimum Gasteiger partial charge on any atom is -0.486 e. The molecule has 0 spiro atoms. The Labute approximate surface area is 123 Å². The minimum atomic E-state index is -0.00936. The van der Waals surface area contributed by atoms with E-state index in [9.17, 15) is 4.79 Å². The van der Waals surface area contributed by atoms with Crippen LogP contribution in [0.25, 0.3) is 6.08 Å². The van der Waals surface area contributed by atoms with E-state index in [2.05, 4.69) is 0 Å². The molecule has 3 nitrogen and oxygen atoms in total. The first kappa shape index (κ1) is 13.4. The summed E-state index contributed by atoms with van der Waals surface area (Å²) in [7, 11) is 0. The third-order valence-electron chi connectivity index (χ3n) is 3.33. The second kappa shape index (κ2) is 5.83. The summed E-state index contributed by atoms with van der Waals surface area (Å²) in [6, 6.07) is 13.2. The SMILES string of the molecule is Cc1ccc(C(=O)C=Cc2ccc3c(c2)OCCO3)cc1. The monoisotopic (exact) mass is 280 g/mol. The molecule has 21 heavy (non-hydrogen) atoms. The maximum absolute atomic E-state index is 12.1. The number of hydrogen-bond acceptors (Lipinski definition) is 3. The number of allylic oxidation sites excluding steroid dienone is 1. The van der Waals surface area contributed by atoms with E-state index >= 15 is 0 Å². The van der Waals surface area contributed by atoms with E-state index in [-0.39, 0.29) is 5.78 Å². The fourth-order valence-corrected chi connectivity index (χ4v) is 2.15. The highest BCUT2D eigenvalue weighted by Crippen LogP contribution is 2.31. The van der Waals surface area contributed by atoms with Crippen molar-refractivity contribution in [1.82, 2.24) is 0 Å². The smallest absolute Gasteiger partial charge is 0.185 e. The Morgan fingerprint density at radius 2 is 1.71 bits per heavy atom. The predicted octanol–water partition coefficient (Wildman–Crippen LogP) is 3.66. The molecule has 2 aromatic rings. The third kappa shape index (κ3) is 3.14. The van der Waals surface area contributed by atoms with Gasteiger partial charge in [-0.25, -0.2) is 0 Å². The highest BCUT2D eigenvalue weighted by molar-refractivity contribution is 6.06. The highest BCUT2D eigenvalue weighted by Gasteiger charge is 2.10. The van der Waals surface area contributed by atoms with Crippen molar-refractivity contribution >= 4 is 11.9 Å². The molecular weight excluding hydrogens is 264 g/mol. The molecule has 0 aliphatic carbocycles. The molecule has 1 aliphatic heterocycles. The maximum Gasteiger partial charge on any atom is 0.185 e. The molecule has 3 heteroatoms. The molecule has 0 saturated heterocycles. The zero-order valence-corrected chi connectivity index (χ0v) is 11.8. The summed E-state index contributed by atoms with van der Waals surface area (Å²) in [5.41, 5.74) is 2.75. The van der Waals surface area contributed by atoms with Gasteiger partial charge in [0.2, 0.25) is 0 Å². The first-order valence-corrected chi connectivity index (χ1v) is 6.91. The Hall–Kier alpha value is -2.55. The molecule has 0 unspecified atom stereocenters. The van der Waals surface area contributed by atoms with Gasteiger partial charge in [0.15, 0.2) is 17.3 Å².